The minimum Gasteiger partial charge on any atom is -0.480 e. The molecule has 0 saturated heterocycles. The molecule has 100 valence electrons. The van der Waals surface area contributed by atoms with Crippen molar-refractivity contribution in [3.05, 3.63) is 33.6 Å². The third kappa shape index (κ3) is 3.57. The second kappa shape index (κ2) is 6.36. The van der Waals surface area contributed by atoms with Gasteiger partial charge in [-0.05, 0) is 17.5 Å². The number of hydrogen-bond donors (Lipinski definition) is 2. The van der Waals surface area contributed by atoms with E-state index < -0.39 is 17.8 Å². The third-order valence-corrected chi connectivity index (χ3v) is 3.46. The molecule has 18 heavy (non-hydrogen) atoms. The normalized spacial score (nSPS) is 12.8. The van der Waals surface area contributed by atoms with Gasteiger partial charge in [0.15, 0.2) is 0 Å². The summed E-state index contributed by atoms with van der Waals surface area (Å²) in [5.74, 6) is -1.60. The Bertz CT molecular complexity index is 452. The van der Waals surface area contributed by atoms with Crippen LogP contribution < -0.4 is 5.32 Å². The highest BCUT2D eigenvalue weighted by Crippen LogP contribution is 2.28. The van der Waals surface area contributed by atoms with Crippen LogP contribution >= 0.6 is 23.2 Å². The average molecular weight is 294 g/mol. The monoisotopic (exact) mass is 293 g/mol. The zero-order valence-corrected chi connectivity index (χ0v) is 11.5. The zero-order valence-electron chi connectivity index (χ0n) is 10.0. The van der Waals surface area contributed by atoms with Gasteiger partial charge in [-0.3, -0.25) is 4.79 Å². The maximum atomic E-state index is 13.1. The Kier molecular flexibility index (Phi) is 5.38. The first-order valence-electron chi connectivity index (χ1n) is 5.43. The van der Waals surface area contributed by atoms with Crippen LogP contribution in [0.5, 0.6) is 0 Å². The first kappa shape index (κ1) is 15.2. The average Bonchev–Trinajstić information content (AvgIpc) is 2.28. The number of hydrogen-bond acceptors (Lipinski definition) is 2. The van der Waals surface area contributed by atoms with E-state index >= 15 is 0 Å². The molecule has 0 aliphatic rings. The summed E-state index contributed by atoms with van der Waals surface area (Å²) in [4.78, 5) is 11.0. The van der Waals surface area contributed by atoms with Gasteiger partial charge in [0, 0.05) is 6.54 Å². The van der Waals surface area contributed by atoms with Crippen molar-refractivity contribution in [2.24, 2.45) is 5.92 Å². The van der Waals surface area contributed by atoms with Gasteiger partial charge in [-0.15, -0.1) is 0 Å². The van der Waals surface area contributed by atoms with E-state index in [1.807, 2.05) is 0 Å². The Balaban J connectivity index is 2.80. The van der Waals surface area contributed by atoms with Crippen molar-refractivity contribution >= 4 is 29.2 Å². The Morgan fingerprint density at radius 3 is 2.50 bits per heavy atom. The molecular weight excluding hydrogens is 280 g/mol. The predicted octanol–water partition coefficient (Wildman–Crippen LogP) is 3.33. The number of halogens is 3. The number of carboxylic acids is 1. The molecule has 0 amide bonds. The summed E-state index contributed by atoms with van der Waals surface area (Å²) in [6.07, 6.45) is 0. The Hall–Kier alpha value is -0.840. The highest BCUT2D eigenvalue weighted by atomic mass is 35.5. The van der Waals surface area contributed by atoms with E-state index in [0.29, 0.717) is 5.56 Å². The van der Waals surface area contributed by atoms with Crippen molar-refractivity contribution < 1.29 is 14.3 Å². The largest absolute Gasteiger partial charge is 0.480 e. The highest BCUT2D eigenvalue weighted by Gasteiger charge is 2.21. The predicted molar refractivity (Wildman–Crippen MR) is 69.5 cm³/mol. The molecule has 1 atom stereocenters. The number of carbonyl (C=O) groups is 1. The zero-order chi connectivity index (χ0) is 13.9. The summed E-state index contributed by atoms with van der Waals surface area (Å²) in [5, 5.41) is 11.8. The fourth-order valence-corrected chi connectivity index (χ4v) is 1.93. The molecule has 1 aromatic carbocycles. The van der Waals surface area contributed by atoms with Crippen LogP contribution in [-0.4, -0.2) is 17.1 Å². The summed E-state index contributed by atoms with van der Waals surface area (Å²) >= 11 is 11.6. The molecule has 0 radical (unpaired) electrons. The third-order valence-electron chi connectivity index (χ3n) is 2.56. The molecule has 0 bridgehead atoms. The van der Waals surface area contributed by atoms with Crippen molar-refractivity contribution in [2.45, 2.75) is 26.4 Å². The van der Waals surface area contributed by atoms with Gasteiger partial charge in [-0.2, -0.15) is 0 Å². The highest BCUT2D eigenvalue weighted by molar-refractivity contribution is 6.42. The van der Waals surface area contributed by atoms with E-state index in [1.165, 1.54) is 12.1 Å². The molecule has 0 aliphatic heterocycles. The van der Waals surface area contributed by atoms with Crippen molar-refractivity contribution in [3.8, 4) is 0 Å². The maximum Gasteiger partial charge on any atom is 0.320 e. The van der Waals surface area contributed by atoms with Crippen LogP contribution in [0, 0.1) is 11.7 Å². The van der Waals surface area contributed by atoms with Gasteiger partial charge in [-0.25, -0.2) is 4.39 Å². The summed E-state index contributed by atoms with van der Waals surface area (Å²) in [6.45, 7) is 3.81. The first-order chi connectivity index (χ1) is 8.34. The number of carboxylic acid groups (broad SMARTS) is 1. The standard InChI is InChI=1S/C12H14Cl2FNO2/c1-6(2)11(12(17)18)16-5-7-3-4-8(15)10(14)9(7)13/h3-4,6,11,16H,5H2,1-2H3,(H,17,18)/t11-/m1/s1. The van der Waals surface area contributed by atoms with Gasteiger partial charge in [0.05, 0.1) is 10.0 Å². The minimum absolute atomic E-state index is 0.0720. The molecule has 0 aliphatic carbocycles. The van der Waals surface area contributed by atoms with E-state index in [-0.39, 0.29) is 22.5 Å². The Morgan fingerprint density at radius 2 is 2.00 bits per heavy atom. The molecule has 0 unspecified atom stereocenters. The van der Waals surface area contributed by atoms with Crippen molar-refractivity contribution in [3.63, 3.8) is 0 Å². The van der Waals surface area contributed by atoms with Gasteiger partial charge < -0.3 is 10.4 Å². The lowest BCUT2D eigenvalue weighted by atomic mass is 10.0. The number of benzene rings is 1. The van der Waals surface area contributed by atoms with Gasteiger partial charge >= 0.3 is 5.97 Å². The van der Waals surface area contributed by atoms with Crippen molar-refractivity contribution in [2.75, 3.05) is 0 Å². The summed E-state index contributed by atoms with van der Waals surface area (Å²) in [6, 6.07) is 2.00. The lowest BCUT2D eigenvalue weighted by molar-refractivity contribution is -0.140. The van der Waals surface area contributed by atoms with Crippen LogP contribution in [0.2, 0.25) is 10.0 Å². The van der Waals surface area contributed by atoms with Crippen LogP contribution in [0.25, 0.3) is 0 Å². The fourth-order valence-electron chi connectivity index (χ4n) is 1.53. The van der Waals surface area contributed by atoms with E-state index in [1.54, 1.807) is 13.8 Å². The summed E-state index contributed by atoms with van der Waals surface area (Å²) in [7, 11) is 0. The molecule has 1 aromatic rings. The molecule has 0 fully saturated rings. The number of rotatable bonds is 5. The molecule has 0 saturated carbocycles. The number of aliphatic carboxylic acids is 1. The molecule has 2 N–H and O–H groups in total. The topological polar surface area (TPSA) is 49.3 Å². The Labute approximate surface area is 115 Å². The maximum absolute atomic E-state index is 13.1. The fraction of sp³-hybridized carbons (Fsp3) is 0.417. The summed E-state index contributed by atoms with van der Waals surface area (Å²) in [5.41, 5.74) is 0.565. The second-order valence-electron chi connectivity index (χ2n) is 4.28. The van der Waals surface area contributed by atoms with Crippen LogP contribution in [0.1, 0.15) is 19.4 Å². The molecule has 0 heterocycles. The van der Waals surface area contributed by atoms with Gasteiger partial charge in [-0.1, -0.05) is 43.1 Å². The van der Waals surface area contributed by atoms with Crippen molar-refractivity contribution in [1.29, 1.82) is 0 Å². The van der Waals surface area contributed by atoms with Gasteiger partial charge in [0.2, 0.25) is 0 Å². The van der Waals surface area contributed by atoms with Gasteiger partial charge in [0.25, 0.3) is 0 Å². The lowest BCUT2D eigenvalue weighted by Crippen LogP contribution is -2.40. The molecule has 0 spiro atoms. The van der Waals surface area contributed by atoms with Crippen LogP contribution in [0.3, 0.4) is 0 Å². The molecule has 0 aromatic heterocycles. The van der Waals surface area contributed by atoms with Gasteiger partial charge in [0.1, 0.15) is 11.9 Å². The molecule has 3 nitrogen and oxygen atoms in total. The Morgan fingerprint density at radius 1 is 1.39 bits per heavy atom. The molecule has 6 heteroatoms. The van der Waals surface area contributed by atoms with Crippen LogP contribution in [-0.2, 0) is 11.3 Å². The quantitative estimate of drug-likeness (QED) is 0.819. The SMILES string of the molecule is CC(C)[C@@H](NCc1ccc(F)c(Cl)c1Cl)C(=O)O. The van der Waals surface area contributed by atoms with E-state index in [0.717, 1.165) is 0 Å². The van der Waals surface area contributed by atoms with Crippen LogP contribution in [0.15, 0.2) is 12.1 Å². The number of nitrogens with one attached hydrogen (secondary N) is 1. The minimum atomic E-state index is -0.936. The summed E-state index contributed by atoms with van der Waals surface area (Å²) < 4.78 is 13.1. The van der Waals surface area contributed by atoms with E-state index in [9.17, 15) is 9.18 Å². The molecular formula is C12H14Cl2FNO2. The van der Waals surface area contributed by atoms with E-state index in [4.69, 9.17) is 28.3 Å². The molecule has 1 rings (SSSR count). The smallest absolute Gasteiger partial charge is 0.320 e. The first-order valence-corrected chi connectivity index (χ1v) is 6.18. The van der Waals surface area contributed by atoms with Crippen LogP contribution in [0.4, 0.5) is 4.39 Å². The van der Waals surface area contributed by atoms with Crippen molar-refractivity contribution in [1.82, 2.24) is 5.32 Å². The second-order valence-corrected chi connectivity index (χ2v) is 5.03. The lowest BCUT2D eigenvalue weighted by Gasteiger charge is -2.18. The van der Waals surface area contributed by atoms with E-state index in [2.05, 4.69) is 5.32 Å².